The summed E-state index contributed by atoms with van der Waals surface area (Å²) in [6, 6.07) is 17.1. The maximum atomic E-state index is 13.6. The van der Waals surface area contributed by atoms with Gasteiger partial charge in [-0.25, -0.2) is 17.6 Å². The molecule has 0 heterocycles. The fraction of sp³-hybridized carbons (Fsp3) is 0.0500. The van der Waals surface area contributed by atoms with Crippen LogP contribution in [0.1, 0.15) is 0 Å². The molecule has 3 rings (SSSR count). The third kappa shape index (κ3) is 5.23. The standard InChI is InChI=1S/C20H18FN3O4S/c1-28-16-11-9-14(10-12-16)24-29(26,27)17-6-4-5-15(13-17)22-20(25)23-19-8-3-2-7-18(19)21/h2-13,24H,1H3,(H2,22,23,25). The number of urea groups is 1. The van der Waals surface area contributed by atoms with Crippen LogP contribution < -0.4 is 20.1 Å². The van der Waals surface area contributed by atoms with Crippen molar-refractivity contribution < 1.29 is 22.3 Å². The average molecular weight is 415 g/mol. The summed E-state index contributed by atoms with van der Waals surface area (Å²) in [6.07, 6.45) is 0. The van der Waals surface area contributed by atoms with E-state index in [1.54, 1.807) is 30.3 Å². The van der Waals surface area contributed by atoms with E-state index < -0.39 is 21.9 Å². The number of sulfonamides is 1. The lowest BCUT2D eigenvalue weighted by Gasteiger charge is -2.11. The van der Waals surface area contributed by atoms with Gasteiger partial charge in [0, 0.05) is 11.4 Å². The number of rotatable bonds is 6. The number of nitrogens with one attached hydrogen (secondary N) is 3. The highest BCUT2D eigenvalue weighted by Gasteiger charge is 2.15. The Morgan fingerprint density at radius 2 is 1.62 bits per heavy atom. The van der Waals surface area contributed by atoms with Crippen molar-refractivity contribution >= 4 is 33.1 Å². The summed E-state index contributed by atoms with van der Waals surface area (Å²) < 4.78 is 46.3. The number of methoxy groups -OCH3 is 1. The van der Waals surface area contributed by atoms with Crippen molar-refractivity contribution in [2.45, 2.75) is 4.90 Å². The summed E-state index contributed by atoms with van der Waals surface area (Å²) in [5.41, 5.74) is 0.604. The molecular weight excluding hydrogens is 397 g/mol. The molecule has 0 bridgehead atoms. The molecule has 0 aliphatic carbocycles. The lowest BCUT2D eigenvalue weighted by molar-refractivity contribution is 0.262. The van der Waals surface area contributed by atoms with Crippen LogP contribution in [0.25, 0.3) is 0 Å². The molecular formula is C20H18FN3O4S. The van der Waals surface area contributed by atoms with E-state index in [2.05, 4.69) is 15.4 Å². The van der Waals surface area contributed by atoms with E-state index >= 15 is 0 Å². The highest BCUT2D eigenvalue weighted by atomic mass is 32.2. The van der Waals surface area contributed by atoms with Crippen molar-refractivity contribution in [2.75, 3.05) is 22.5 Å². The third-order valence-electron chi connectivity index (χ3n) is 3.87. The van der Waals surface area contributed by atoms with Crippen molar-refractivity contribution in [3.63, 3.8) is 0 Å². The second kappa shape index (κ2) is 8.61. The molecule has 2 amide bonds. The molecule has 0 aliphatic heterocycles. The Kier molecular flexibility index (Phi) is 5.99. The minimum atomic E-state index is -3.88. The third-order valence-corrected chi connectivity index (χ3v) is 5.25. The van der Waals surface area contributed by atoms with Gasteiger partial charge in [-0.3, -0.25) is 4.72 Å². The molecule has 29 heavy (non-hydrogen) atoms. The van der Waals surface area contributed by atoms with Gasteiger partial charge in [-0.2, -0.15) is 0 Å². The van der Waals surface area contributed by atoms with Crippen LogP contribution in [0.15, 0.2) is 77.7 Å². The normalized spacial score (nSPS) is 10.8. The zero-order valence-electron chi connectivity index (χ0n) is 15.3. The first-order valence-electron chi connectivity index (χ1n) is 8.47. The van der Waals surface area contributed by atoms with E-state index in [9.17, 15) is 17.6 Å². The van der Waals surface area contributed by atoms with Crippen LogP contribution in [0.3, 0.4) is 0 Å². The molecule has 3 aromatic carbocycles. The van der Waals surface area contributed by atoms with Crippen molar-refractivity contribution in [1.29, 1.82) is 0 Å². The molecule has 0 aliphatic rings. The molecule has 9 heteroatoms. The van der Waals surface area contributed by atoms with Crippen molar-refractivity contribution in [3.05, 3.63) is 78.6 Å². The Morgan fingerprint density at radius 1 is 0.897 bits per heavy atom. The van der Waals surface area contributed by atoms with Crippen molar-refractivity contribution in [3.8, 4) is 5.75 Å². The van der Waals surface area contributed by atoms with Gasteiger partial charge in [0.15, 0.2) is 0 Å². The van der Waals surface area contributed by atoms with Crippen LogP contribution in [-0.2, 0) is 10.0 Å². The predicted octanol–water partition coefficient (Wildman–Crippen LogP) is 4.28. The molecule has 7 nitrogen and oxygen atoms in total. The van der Waals surface area contributed by atoms with Gasteiger partial charge >= 0.3 is 6.03 Å². The van der Waals surface area contributed by atoms with Crippen LogP contribution >= 0.6 is 0 Å². The largest absolute Gasteiger partial charge is 0.497 e. The zero-order chi connectivity index (χ0) is 20.9. The SMILES string of the molecule is COc1ccc(NS(=O)(=O)c2cccc(NC(=O)Nc3ccccc3F)c2)cc1. The summed E-state index contributed by atoms with van der Waals surface area (Å²) in [5, 5.41) is 4.85. The van der Waals surface area contributed by atoms with E-state index in [0.29, 0.717) is 11.4 Å². The van der Waals surface area contributed by atoms with Crippen molar-refractivity contribution in [1.82, 2.24) is 0 Å². The number of benzene rings is 3. The number of carbonyl (C=O) groups excluding carboxylic acids is 1. The quantitative estimate of drug-likeness (QED) is 0.560. The first kappa shape index (κ1) is 20.2. The van der Waals surface area contributed by atoms with Crippen LogP contribution in [0.5, 0.6) is 5.75 Å². The summed E-state index contributed by atoms with van der Waals surface area (Å²) >= 11 is 0. The molecule has 0 atom stereocenters. The van der Waals surface area contributed by atoms with Crippen molar-refractivity contribution in [2.24, 2.45) is 0 Å². The molecule has 150 valence electrons. The summed E-state index contributed by atoms with van der Waals surface area (Å²) in [6.45, 7) is 0. The highest BCUT2D eigenvalue weighted by Crippen LogP contribution is 2.21. The summed E-state index contributed by atoms with van der Waals surface area (Å²) in [5.74, 6) is 0.0164. The Morgan fingerprint density at radius 3 is 2.31 bits per heavy atom. The van der Waals surface area contributed by atoms with E-state index in [0.717, 1.165) is 0 Å². The van der Waals surface area contributed by atoms with Gasteiger partial charge in [0.1, 0.15) is 11.6 Å². The van der Waals surface area contributed by atoms with Crippen LogP contribution in [-0.4, -0.2) is 21.6 Å². The van der Waals surface area contributed by atoms with Crippen LogP contribution in [0.4, 0.5) is 26.2 Å². The van der Waals surface area contributed by atoms with Crippen LogP contribution in [0, 0.1) is 5.82 Å². The molecule has 0 spiro atoms. The number of hydrogen-bond donors (Lipinski definition) is 3. The minimum Gasteiger partial charge on any atom is -0.497 e. The lowest BCUT2D eigenvalue weighted by atomic mass is 10.3. The Balaban J connectivity index is 1.72. The number of anilines is 3. The van der Waals surface area contributed by atoms with Gasteiger partial charge in [-0.15, -0.1) is 0 Å². The smallest absolute Gasteiger partial charge is 0.323 e. The molecule has 3 N–H and O–H groups in total. The zero-order valence-corrected chi connectivity index (χ0v) is 16.2. The van der Waals surface area contributed by atoms with Gasteiger partial charge < -0.3 is 15.4 Å². The van der Waals surface area contributed by atoms with E-state index in [4.69, 9.17) is 4.74 Å². The number of ether oxygens (including phenoxy) is 1. The molecule has 0 unspecified atom stereocenters. The minimum absolute atomic E-state index is 0.00921. The second-order valence-electron chi connectivity index (χ2n) is 5.92. The molecule has 0 fully saturated rings. The number of carbonyl (C=O) groups is 1. The monoisotopic (exact) mass is 415 g/mol. The fourth-order valence-electron chi connectivity index (χ4n) is 2.46. The first-order valence-corrected chi connectivity index (χ1v) is 9.95. The molecule has 0 aromatic heterocycles. The average Bonchev–Trinajstić information content (AvgIpc) is 2.70. The number of halogens is 1. The van der Waals surface area contributed by atoms with Gasteiger partial charge in [0.2, 0.25) is 0 Å². The summed E-state index contributed by atoms with van der Waals surface area (Å²) in [4.78, 5) is 12.0. The molecule has 0 radical (unpaired) electrons. The number of amides is 2. The highest BCUT2D eigenvalue weighted by molar-refractivity contribution is 7.92. The maximum absolute atomic E-state index is 13.6. The first-order chi connectivity index (χ1) is 13.9. The van der Waals surface area contributed by atoms with Crippen LogP contribution in [0.2, 0.25) is 0 Å². The predicted molar refractivity (Wildman–Crippen MR) is 109 cm³/mol. The Hall–Kier alpha value is -3.59. The number of hydrogen-bond acceptors (Lipinski definition) is 4. The van der Waals surface area contributed by atoms with E-state index in [-0.39, 0.29) is 16.3 Å². The second-order valence-corrected chi connectivity index (χ2v) is 7.60. The molecule has 0 saturated heterocycles. The number of para-hydroxylation sites is 1. The van der Waals surface area contributed by atoms with Gasteiger partial charge in [0.05, 0.1) is 17.7 Å². The molecule has 0 saturated carbocycles. The lowest BCUT2D eigenvalue weighted by Crippen LogP contribution is -2.20. The fourth-order valence-corrected chi connectivity index (χ4v) is 3.57. The topological polar surface area (TPSA) is 96.5 Å². The van der Waals surface area contributed by atoms with Gasteiger partial charge in [-0.05, 0) is 54.6 Å². The van der Waals surface area contributed by atoms with E-state index in [1.165, 1.54) is 49.6 Å². The van der Waals surface area contributed by atoms with E-state index in [1.807, 2.05) is 0 Å². The molecule has 3 aromatic rings. The maximum Gasteiger partial charge on any atom is 0.323 e. The Labute approximate surface area is 167 Å². The Bertz CT molecular complexity index is 1120. The van der Waals surface area contributed by atoms with Gasteiger partial charge in [-0.1, -0.05) is 18.2 Å². The summed E-state index contributed by atoms with van der Waals surface area (Å²) in [7, 11) is -2.37. The van der Waals surface area contributed by atoms with Gasteiger partial charge in [0.25, 0.3) is 10.0 Å².